The summed E-state index contributed by atoms with van der Waals surface area (Å²) in [4.78, 5) is 27.3. The number of halogens is 2. The Labute approximate surface area is 198 Å². The topological polar surface area (TPSA) is 55.8 Å². The molecule has 1 fully saturated rings. The number of ketones is 1. The number of amides is 1. The highest BCUT2D eigenvalue weighted by Gasteiger charge is 2.44. The molecular formula is C25H27Cl2NO4. The number of piperidine rings is 1. The smallest absolute Gasteiger partial charge is 0.222 e. The molecule has 2 aliphatic heterocycles. The van der Waals surface area contributed by atoms with E-state index < -0.39 is 5.60 Å². The minimum atomic E-state index is -0.607. The summed E-state index contributed by atoms with van der Waals surface area (Å²) < 4.78 is 12.2. The van der Waals surface area contributed by atoms with Crippen molar-refractivity contribution in [3.63, 3.8) is 0 Å². The summed E-state index contributed by atoms with van der Waals surface area (Å²) in [5, 5.41) is 0.769. The molecule has 0 radical (unpaired) electrons. The highest BCUT2D eigenvalue weighted by atomic mass is 35.5. The van der Waals surface area contributed by atoms with Gasteiger partial charge in [0.15, 0.2) is 5.78 Å². The van der Waals surface area contributed by atoms with Crippen LogP contribution in [0.5, 0.6) is 11.5 Å². The van der Waals surface area contributed by atoms with Gasteiger partial charge in [-0.2, -0.15) is 0 Å². The van der Waals surface area contributed by atoms with E-state index in [2.05, 4.69) is 0 Å². The van der Waals surface area contributed by atoms with Gasteiger partial charge in [-0.15, -0.1) is 0 Å². The molecule has 1 spiro atoms. The third-order valence-electron chi connectivity index (χ3n) is 6.33. The van der Waals surface area contributed by atoms with E-state index >= 15 is 0 Å². The Bertz CT molecular complexity index is 1020. The highest BCUT2D eigenvalue weighted by molar-refractivity contribution is 6.36. The second-order valence-corrected chi connectivity index (χ2v) is 9.55. The summed E-state index contributed by atoms with van der Waals surface area (Å²) in [6.45, 7) is 5.67. The predicted octanol–water partition coefficient (Wildman–Crippen LogP) is 5.80. The molecule has 2 aromatic carbocycles. The zero-order chi connectivity index (χ0) is 22.9. The lowest BCUT2D eigenvalue weighted by atomic mass is 9.82. The van der Waals surface area contributed by atoms with Crippen molar-refractivity contribution in [2.24, 2.45) is 0 Å². The third kappa shape index (κ3) is 4.74. The molecule has 5 nitrogen and oxygen atoms in total. The first kappa shape index (κ1) is 22.9. The van der Waals surface area contributed by atoms with Gasteiger partial charge >= 0.3 is 0 Å². The lowest BCUT2D eigenvalue weighted by molar-refractivity contribution is -0.135. The molecule has 2 aromatic rings. The highest BCUT2D eigenvalue weighted by Crippen LogP contribution is 2.44. The number of nitrogens with zero attached hydrogens (tertiary/aromatic N) is 1. The van der Waals surface area contributed by atoms with Crippen molar-refractivity contribution >= 4 is 34.9 Å². The number of likely N-dealkylation sites (tertiary alicyclic amines) is 1. The van der Waals surface area contributed by atoms with Gasteiger partial charge in [0.05, 0.1) is 23.6 Å². The molecule has 2 heterocycles. The van der Waals surface area contributed by atoms with Crippen molar-refractivity contribution in [1.82, 2.24) is 4.90 Å². The van der Waals surface area contributed by atoms with Crippen LogP contribution in [0.1, 0.15) is 53.6 Å². The minimum Gasteiger partial charge on any atom is -0.493 e. The van der Waals surface area contributed by atoms with Crippen LogP contribution in [0.2, 0.25) is 10.0 Å². The van der Waals surface area contributed by atoms with Gasteiger partial charge in [-0.1, -0.05) is 41.4 Å². The van der Waals surface area contributed by atoms with E-state index in [1.165, 1.54) is 0 Å². The first-order chi connectivity index (χ1) is 15.3. The molecule has 32 heavy (non-hydrogen) atoms. The number of hydrogen-bond acceptors (Lipinski definition) is 4. The summed E-state index contributed by atoms with van der Waals surface area (Å²) in [7, 11) is 0. The van der Waals surface area contributed by atoms with E-state index in [4.69, 9.17) is 32.7 Å². The number of carbonyl (C=O) groups excluding carboxylic acids is 2. The quantitative estimate of drug-likeness (QED) is 0.513. The molecule has 0 N–H and O–H groups in total. The van der Waals surface area contributed by atoms with E-state index in [1.54, 1.807) is 12.1 Å². The molecule has 2 aliphatic rings. The van der Waals surface area contributed by atoms with Crippen LogP contribution in [-0.4, -0.2) is 41.9 Å². The largest absolute Gasteiger partial charge is 0.493 e. The number of para-hydroxylation sites is 1. The van der Waals surface area contributed by atoms with Crippen molar-refractivity contribution in [2.45, 2.75) is 51.6 Å². The summed E-state index contributed by atoms with van der Waals surface area (Å²) in [5.74, 6) is 1.41. The van der Waals surface area contributed by atoms with Crippen LogP contribution in [0.15, 0.2) is 30.3 Å². The van der Waals surface area contributed by atoms with Gasteiger partial charge in [0.2, 0.25) is 5.91 Å². The van der Waals surface area contributed by atoms with Crippen LogP contribution in [0.3, 0.4) is 0 Å². The van der Waals surface area contributed by atoms with Gasteiger partial charge in [-0.05, 0) is 43.5 Å². The monoisotopic (exact) mass is 475 g/mol. The lowest BCUT2D eigenvalue weighted by Crippen LogP contribution is -2.52. The number of aryl methyl sites for hydroxylation is 2. The lowest BCUT2D eigenvalue weighted by Gasteiger charge is -2.44. The van der Waals surface area contributed by atoms with Crippen LogP contribution >= 0.6 is 23.2 Å². The van der Waals surface area contributed by atoms with E-state index in [-0.39, 0.29) is 18.1 Å². The van der Waals surface area contributed by atoms with Gasteiger partial charge in [0, 0.05) is 37.4 Å². The Morgan fingerprint density at radius 3 is 2.53 bits per heavy atom. The van der Waals surface area contributed by atoms with Crippen LogP contribution < -0.4 is 9.47 Å². The van der Waals surface area contributed by atoms with E-state index in [1.807, 2.05) is 36.9 Å². The number of ether oxygens (including phenoxy) is 2. The molecule has 0 unspecified atom stereocenters. The van der Waals surface area contributed by atoms with Gasteiger partial charge in [0.1, 0.15) is 17.1 Å². The van der Waals surface area contributed by atoms with Gasteiger partial charge in [-0.3, -0.25) is 9.59 Å². The molecule has 0 aromatic heterocycles. The molecular weight excluding hydrogens is 449 g/mol. The van der Waals surface area contributed by atoms with Crippen molar-refractivity contribution in [3.8, 4) is 11.5 Å². The Kier molecular flexibility index (Phi) is 6.68. The van der Waals surface area contributed by atoms with E-state index in [0.717, 1.165) is 16.9 Å². The number of fused-ring (bicyclic) bond motifs is 1. The Morgan fingerprint density at radius 1 is 1.16 bits per heavy atom. The average molecular weight is 476 g/mol. The first-order valence-electron chi connectivity index (χ1n) is 11.0. The molecule has 0 aliphatic carbocycles. The zero-order valence-corrected chi connectivity index (χ0v) is 19.9. The van der Waals surface area contributed by atoms with Crippen molar-refractivity contribution in [2.75, 3.05) is 19.7 Å². The summed E-state index contributed by atoms with van der Waals surface area (Å²) in [6, 6.07) is 9.25. The zero-order valence-electron chi connectivity index (χ0n) is 18.4. The number of Topliss-reactive ketones (excluding diaryl/α,β-unsaturated/α-hetero) is 1. The normalized spacial score (nSPS) is 17.1. The fourth-order valence-corrected chi connectivity index (χ4v) is 5.07. The van der Waals surface area contributed by atoms with E-state index in [9.17, 15) is 9.59 Å². The van der Waals surface area contributed by atoms with E-state index in [0.29, 0.717) is 66.7 Å². The first-order valence-corrected chi connectivity index (χ1v) is 11.7. The van der Waals surface area contributed by atoms with Gasteiger partial charge < -0.3 is 14.4 Å². The molecule has 1 amide bonds. The van der Waals surface area contributed by atoms with Crippen LogP contribution in [-0.2, 0) is 4.79 Å². The van der Waals surface area contributed by atoms with Crippen molar-refractivity contribution in [3.05, 3.63) is 57.1 Å². The fraction of sp³-hybridized carbons (Fsp3) is 0.440. The van der Waals surface area contributed by atoms with Crippen LogP contribution in [0, 0.1) is 13.8 Å². The molecule has 170 valence electrons. The maximum Gasteiger partial charge on any atom is 0.222 e. The Balaban J connectivity index is 1.29. The predicted molar refractivity (Wildman–Crippen MR) is 125 cm³/mol. The standard InChI is InChI=1S/C25H27Cl2NO4/c1-16-5-3-6-17(2)23(16)31-12-4-7-22(30)28-10-8-25(9-11-28)15-21(29)19-13-18(26)14-20(27)24(19)32-25/h3,5-6,13-14H,4,7-12,15H2,1-2H3. The summed E-state index contributed by atoms with van der Waals surface area (Å²) >= 11 is 12.3. The number of hydrogen-bond donors (Lipinski definition) is 0. The second-order valence-electron chi connectivity index (χ2n) is 8.70. The maximum atomic E-state index is 12.7. The molecule has 0 atom stereocenters. The third-order valence-corrected chi connectivity index (χ3v) is 6.83. The van der Waals surface area contributed by atoms with Crippen molar-refractivity contribution < 1.29 is 19.1 Å². The minimum absolute atomic E-state index is 0.0147. The van der Waals surface area contributed by atoms with Crippen LogP contribution in [0.25, 0.3) is 0 Å². The molecule has 7 heteroatoms. The van der Waals surface area contributed by atoms with Crippen molar-refractivity contribution in [1.29, 1.82) is 0 Å². The fourth-order valence-electron chi connectivity index (χ4n) is 4.54. The van der Waals surface area contributed by atoms with Gasteiger partial charge in [-0.25, -0.2) is 0 Å². The van der Waals surface area contributed by atoms with Gasteiger partial charge in [0.25, 0.3) is 0 Å². The summed E-state index contributed by atoms with van der Waals surface area (Å²) in [6.07, 6.45) is 2.57. The Hall–Kier alpha value is -2.24. The number of carbonyl (C=O) groups is 2. The Morgan fingerprint density at radius 2 is 1.84 bits per heavy atom. The summed E-state index contributed by atoms with van der Waals surface area (Å²) in [5.41, 5.74) is 2.03. The molecule has 4 rings (SSSR count). The average Bonchev–Trinajstić information content (AvgIpc) is 2.74. The van der Waals surface area contributed by atoms with Crippen LogP contribution in [0.4, 0.5) is 0 Å². The maximum absolute atomic E-state index is 12.7. The molecule has 0 saturated carbocycles. The second kappa shape index (κ2) is 9.32. The number of benzene rings is 2. The number of rotatable bonds is 5. The SMILES string of the molecule is Cc1cccc(C)c1OCCCC(=O)N1CCC2(CC1)CC(=O)c1cc(Cl)cc(Cl)c1O2. The molecule has 1 saturated heterocycles. The molecule has 0 bridgehead atoms.